The number of thiazole rings is 1. The average molecular weight is 277 g/mol. The Hall–Kier alpha value is -1.78. The molecule has 0 bridgehead atoms. The summed E-state index contributed by atoms with van der Waals surface area (Å²) in [7, 11) is 0. The highest BCUT2D eigenvalue weighted by Crippen LogP contribution is 2.33. The van der Waals surface area contributed by atoms with E-state index in [1.165, 1.54) is 11.3 Å². The van der Waals surface area contributed by atoms with Crippen molar-refractivity contribution in [1.29, 1.82) is 0 Å². The number of nitrogens with two attached hydrogens (primary N) is 1. The number of nitrogen functional groups attached to an aromatic ring is 1. The molecule has 0 saturated heterocycles. The van der Waals surface area contributed by atoms with Crippen LogP contribution in [0.5, 0.6) is 10.9 Å². The van der Waals surface area contributed by atoms with Crippen LogP contribution in [-0.4, -0.2) is 4.98 Å². The van der Waals surface area contributed by atoms with Crippen LogP contribution in [0.25, 0.3) is 10.2 Å². The average Bonchev–Trinajstić information content (AvgIpc) is 2.76. The molecule has 0 aliphatic heterocycles. The van der Waals surface area contributed by atoms with Crippen LogP contribution in [0.1, 0.15) is 0 Å². The van der Waals surface area contributed by atoms with Crippen LogP contribution in [-0.2, 0) is 0 Å². The molecule has 2 N–H and O–H groups in total. The number of nitrogens with zero attached hydrogens (tertiary/aromatic N) is 1. The first-order chi connectivity index (χ1) is 8.72. The predicted octanol–water partition coefficient (Wildman–Crippen LogP) is 4.32. The van der Waals surface area contributed by atoms with E-state index in [9.17, 15) is 0 Å². The largest absolute Gasteiger partial charge is 0.431 e. The minimum absolute atomic E-state index is 0.480. The van der Waals surface area contributed by atoms with Crippen LogP contribution in [0, 0.1) is 0 Å². The van der Waals surface area contributed by atoms with E-state index in [2.05, 4.69) is 4.98 Å². The van der Waals surface area contributed by atoms with Crippen molar-refractivity contribution in [1.82, 2.24) is 4.98 Å². The molecule has 3 aromatic rings. The molecule has 0 aliphatic rings. The maximum absolute atomic E-state index is 5.94. The van der Waals surface area contributed by atoms with E-state index >= 15 is 0 Å². The maximum Gasteiger partial charge on any atom is 0.279 e. The van der Waals surface area contributed by atoms with E-state index in [-0.39, 0.29) is 0 Å². The van der Waals surface area contributed by atoms with Gasteiger partial charge in [-0.1, -0.05) is 35.1 Å². The first-order valence-electron chi connectivity index (χ1n) is 5.31. The van der Waals surface area contributed by atoms with Gasteiger partial charge in [0, 0.05) is 6.07 Å². The van der Waals surface area contributed by atoms with Crippen molar-refractivity contribution in [3.63, 3.8) is 0 Å². The van der Waals surface area contributed by atoms with Gasteiger partial charge in [-0.3, -0.25) is 0 Å². The molecule has 3 rings (SSSR count). The van der Waals surface area contributed by atoms with E-state index in [4.69, 9.17) is 22.1 Å². The molecule has 1 heterocycles. The number of aromatic nitrogens is 1. The molecule has 0 fully saturated rings. The van der Waals surface area contributed by atoms with E-state index in [0.29, 0.717) is 21.7 Å². The van der Waals surface area contributed by atoms with Crippen LogP contribution in [0.15, 0.2) is 42.5 Å². The summed E-state index contributed by atoms with van der Waals surface area (Å²) in [5.41, 5.74) is 7.11. The molecular weight excluding hydrogens is 268 g/mol. The van der Waals surface area contributed by atoms with Crippen LogP contribution >= 0.6 is 22.9 Å². The summed E-state index contributed by atoms with van der Waals surface area (Å²) < 4.78 is 6.76. The Labute approximate surface area is 113 Å². The molecule has 0 unspecified atom stereocenters. The van der Waals surface area contributed by atoms with Crippen molar-refractivity contribution in [3.8, 4) is 10.9 Å². The number of hydrogen-bond donors (Lipinski definition) is 1. The second kappa shape index (κ2) is 4.48. The summed E-state index contributed by atoms with van der Waals surface area (Å²) in [6, 6.07) is 13.1. The Morgan fingerprint density at radius 1 is 1.17 bits per heavy atom. The molecule has 0 saturated carbocycles. The molecule has 0 aliphatic carbocycles. The zero-order valence-corrected chi connectivity index (χ0v) is 10.8. The molecule has 1 aromatic heterocycles. The Balaban J connectivity index is 1.93. The molecule has 0 amide bonds. The van der Waals surface area contributed by atoms with Crippen molar-refractivity contribution < 1.29 is 4.74 Å². The van der Waals surface area contributed by atoms with E-state index < -0.39 is 0 Å². The fourth-order valence-electron chi connectivity index (χ4n) is 1.57. The highest BCUT2D eigenvalue weighted by Gasteiger charge is 2.06. The third-order valence-corrected chi connectivity index (χ3v) is 3.69. The van der Waals surface area contributed by atoms with E-state index in [0.717, 1.165) is 10.2 Å². The van der Waals surface area contributed by atoms with Crippen LogP contribution in [0.4, 0.5) is 5.69 Å². The lowest BCUT2D eigenvalue weighted by atomic mass is 10.3. The topological polar surface area (TPSA) is 48.1 Å². The summed E-state index contributed by atoms with van der Waals surface area (Å²) in [6.45, 7) is 0. The van der Waals surface area contributed by atoms with Crippen LogP contribution < -0.4 is 10.5 Å². The number of hydrogen-bond acceptors (Lipinski definition) is 4. The standard InChI is InChI=1S/C13H9ClN2OS/c14-9-7-8(5-6-10(9)15)17-13-16-11-3-1-2-4-12(11)18-13/h1-7H,15H2. The Morgan fingerprint density at radius 3 is 2.78 bits per heavy atom. The lowest BCUT2D eigenvalue weighted by molar-refractivity contribution is 0.480. The molecule has 0 radical (unpaired) electrons. The van der Waals surface area contributed by atoms with Gasteiger partial charge in [0.2, 0.25) is 0 Å². The summed E-state index contributed by atoms with van der Waals surface area (Å²) in [5.74, 6) is 0.633. The van der Waals surface area contributed by atoms with E-state index in [1.54, 1.807) is 18.2 Å². The van der Waals surface area contributed by atoms with Gasteiger partial charge in [-0.2, -0.15) is 0 Å². The van der Waals surface area contributed by atoms with E-state index in [1.807, 2.05) is 24.3 Å². The van der Waals surface area contributed by atoms with Crippen molar-refractivity contribution in [2.45, 2.75) is 0 Å². The summed E-state index contributed by atoms with van der Waals surface area (Å²) in [4.78, 5) is 4.38. The smallest absolute Gasteiger partial charge is 0.279 e. The first kappa shape index (κ1) is 11.3. The molecular formula is C13H9ClN2OS. The Morgan fingerprint density at radius 2 is 2.00 bits per heavy atom. The lowest BCUT2D eigenvalue weighted by Crippen LogP contribution is -1.87. The van der Waals surface area contributed by atoms with Crippen molar-refractivity contribution >= 4 is 38.8 Å². The van der Waals surface area contributed by atoms with Gasteiger partial charge in [0.1, 0.15) is 5.75 Å². The highest BCUT2D eigenvalue weighted by molar-refractivity contribution is 7.20. The number of anilines is 1. The monoisotopic (exact) mass is 276 g/mol. The minimum Gasteiger partial charge on any atom is -0.431 e. The molecule has 5 heteroatoms. The van der Waals surface area contributed by atoms with Crippen molar-refractivity contribution in [2.75, 3.05) is 5.73 Å². The number of halogens is 1. The van der Waals surface area contributed by atoms with Gasteiger partial charge in [-0.05, 0) is 24.3 Å². The van der Waals surface area contributed by atoms with Gasteiger partial charge in [0.25, 0.3) is 5.19 Å². The van der Waals surface area contributed by atoms with Gasteiger partial charge in [0.05, 0.1) is 20.9 Å². The molecule has 18 heavy (non-hydrogen) atoms. The highest BCUT2D eigenvalue weighted by atomic mass is 35.5. The van der Waals surface area contributed by atoms with Crippen LogP contribution in [0.2, 0.25) is 5.02 Å². The van der Waals surface area contributed by atoms with Gasteiger partial charge in [-0.15, -0.1) is 0 Å². The fraction of sp³-hybridized carbons (Fsp3) is 0. The normalized spacial score (nSPS) is 10.7. The molecule has 3 nitrogen and oxygen atoms in total. The fourth-order valence-corrected chi connectivity index (χ4v) is 2.57. The van der Waals surface area contributed by atoms with Gasteiger partial charge < -0.3 is 10.5 Å². The van der Waals surface area contributed by atoms with Gasteiger partial charge in [0.15, 0.2) is 0 Å². The second-order valence-corrected chi connectivity index (χ2v) is 5.13. The Kier molecular flexibility index (Phi) is 2.81. The lowest BCUT2D eigenvalue weighted by Gasteiger charge is -2.03. The van der Waals surface area contributed by atoms with Gasteiger partial charge in [-0.25, -0.2) is 4.98 Å². The summed E-state index contributed by atoms with van der Waals surface area (Å²) >= 11 is 7.43. The second-order valence-electron chi connectivity index (χ2n) is 3.73. The summed E-state index contributed by atoms with van der Waals surface area (Å²) in [6.07, 6.45) is 0. The number of fused-ring (bicyclic) bond motifs is 1. The maximum atomic E-state index is 5.94. The van der Waals surface area contributed by atoms with Gasteiger partial charge >= 0.3 is 0 Å². The number of para-hydroxylation sites is 1. The third-order valence-electron chi connectivity index (χ3n) is 2.45. The third kappa shape index (κ3) is 2.12. The quantitative estimate of drug-likeness (QED) is 0.709. The first-order valence-corrected chi connectivity index (χ1v) is 6.50. The van der Waals surface area contributed by atoms with Crippen LogP contribution in [0.3, 0.4) is 0 Å². The molecule has 0 atom stereocenters. The zero-order valence-electron chi connectivity index (χ0n) is 9.26. The molecule has 0 spiro atoms. The Bertz CT molecular complexity index is 678. The number of ether oxygens (including phenoxy) is 1. The predicted molar refractivity (Wildman–Crippen MR) is 75.6 cm³/mol. The zero-order chi connectivity index (χ0) is 12.5. The number of rotatable bonds is 2. The van der Waals surface area contributed by atoms with Crippen molar-refractivity contribution in [3.05, 3.63) is 47.5 Å². The SMILES string of the molecule is Nc1ccc(Oc2nc3ccccc3s2)cc1Cl. The molecule has 90 valence electrons. The minimum atomic E-state index is 0.480. The number of benzene rings is 2. The molecule has 2 aromatic carbocycles. The summed E-state index contributed by atoms with van der Waals surface area (Å²) in [5, 5.41) is 1.07. The van der Waals surface area contributed by atoms with Crippen molar-refractivity contribution in [2.24, 2.45) is 0 Å².